The Hall–Kier alpha value is -4.77. The predicted octanol–water partition coefficient (Wildman–Crippen LogP) is 3.71. The van der Waals surface area contributed by atoms with Gasteiger partial charge in [0.1, 0.15) is 17.8 Å². The highest BCUT2D eigenvalue weighted by Crippen LogP contribution is 2.58. The zero-order chi connectivity index (χ0) is 34.7. The normalized spacial score (nSPS) is 24.0. The lowest BCUT2D eigenvalue weighted by Gasteiger charge is -2.60. The largest absolute Gasteiger partial charge is 0.507 e. The first-order valence-corrected chi connectivity index (χ1v) is 16.8. The summed E-state index contributed by atoms with van der Waals surface area (Å²) in [4.78, 5) is 17.9. The van der Waals surface area contributed by atoms with E-state index in [-0.39, 0.29) is 48.9 Å². The number of thiocarbonyl (C=S) groups is 1. The van der Waals surface area contributed by atoms with Gasteiger partial charge in [-0.05, 0) is 76.1 Å². The molecule has 1 amide bonds. The van der Waals surface area contributed by atoms with Crippen molar-refractivity contribution in [2.75, 3.05) is 32.8 Å². The molecule has 0 spiro atoms. The summed E-state index contributed by atoms with van der Waals surface area (Å²) in [6.45, 7) is 5.53. The number of carbonyl (C=O) groups is 1. The van der Waals surface area contributed by atoms with Gasteiger partial charge in [0.25, 0.3) is 0 Å². The van der Waals surface area contributed by atoms with Gasteiger partial charge in [-0.1, -0.05) is 24.3 Å². The standard InChI is InChI=1S/C36H40N6O6S/c1-17-11-20-12-23-25(14-37)42-24(29(41(23)4)27(20)31(44)32(17)46-5)13-22-28(34-33(47-16-48-34)18(2)30(22)43)26(42)15-38-35(45)19(3)39-36(49)40-21-9-7-6-8-10-21/h6-11,19,23-26,29,43-44H,12-13,15-16H2,1-5H3,(H,38,45)(H2,39,40,49)/t19?,23-,24?,25+,26+,29-/m1/s1. The number of para-hydroxylation sites is 1. The number of aryl methyl sites for hydroxylation is 1. The second kappa shape index (κ2) is 12.6. The average Bonchev–Trinajstić information content (AvgIpc) is 3.57. The lowest BCUT2D eigenvalue weighted by Crippen LogP contribution is -2.68. The molecule has 4 aliphatic heterocycles. The number of carbonyl (C=O) groups excluding carboxylic acids is 1. The summed E-state index contributed by atoms with van der Waals surface area (Å²) in [6.07, 6.45) is 0.910. The Morgan fingerprint density at radius 3 is 2.57 bits per heavy atom. The molecule has 1 fully saturated rings. The van der Waals surface area contributed by atoms with E-state index in [0.717, 1.165) is 22.4 Å². The molecular formula is C36H40N6O6S. The second-order valence-electron chi connectivity index (χ2n) is 13.2. The molecule has 3 aromatic rings. The zero-order valence-electron chi connectivity index (χ0n) is 28.0. The van der Waals surface area contributed by atoms with Crippen molar-refractivity contribution in [1.82, 2.24) is 20.4 Å². The van der Waals surface area contributed by atoms with Crippen molar-refractivity contribution in [2.45, 2.75) is 69.9 Å². The summed E-state index contributed by atoms with van der Waals surface area (Å²) in [5, 5.41) is 43.7. The number of hydrogen-bond donors (Lipinski definition) is 5. The third-order valence-corrected chi connectivity index (χ3v) is 10.8. The number of hydrogen-bond acceptors (Lipinski definition) is 10. The fraction of sp³-hybridized carbons (Fsp3) is 0.417. The van der Waals surface area contributed by atoms with Crippen LogP contribution in [0.5, 0.6) is 28.7 Å². The van der Waals surface area contributed by atoms with Gasteiger partial charge in [-0.15, -0.1) is 0 Å². The molecule has 1 saturated heterocycles. The van der Waals surface area contributed by atoms with E-state index >= 15 is 0 Å². The van der Waals surface area contributed by atoms with E-state index in [1.165, 1.54) is 0 Å². The Kier molecular flexibility index (Phi) is 8.42. The summed E-state index contributed by atoms with van der Waals surface area (Å²) in [6, 6.07) is 11.3. The lowest BCUT2D eigenvalue weighted by atomic mass is 9.71. The molecule has 6 atom stereocenters. The summed E-state index contributed by atoms with van der Waals surface area (Å²) in [5.41, 5.74) is 5.30. The first-order chi connectivity index (χ1) is 23.5. The van der Waals surface area contributed by atoms with Crippen LogP contribution < -0.4 is 30.2 Å². The maximum absolute atomic E-state index is 13.6. The number of piperazine rings is 1. The van der Waals surface area contributed by atoms with Crippen molar-refractivity contribution in [1.29, 1.82) is 5.26 Å². The number of rotatable bonds is 6. The smallest absolute Gasteiger partial charge is 0.242 e. The number of phenolic OH excluding ortho intramolecular Hbond substituents is 2. The summed E-state index contributed by atoms with van der Waals surface area (Å²) in [7, 11) is 3.53. The number of ether oxygens (including phenoxy) is 3. The molecular weight excluding hydrogens is 644 g/mol. The Morgan fingerprint density at radius 1 is 1.12 bits per heavy atom. The van der Waals surface area contributed by atoms with Gasteiger partial charge >= 0.3 is 0 Å². The molecule has 256 valence electrons. The Balaban J connectivity index is 1.27. The predicted molar refractivity (Wildman–Crippen MR) is 186 cm³/mol. The fourth-order valence-corrected chi connectivity index (χ4v) is 8.64. The van der Waals surface area contributed by atoms with Crippen LogP contribution in [0.3, 0.4) is 0 Å². The monoisotopic (exact) mass is 684 g/mol. The van der Waals surface area contributed by atoms with Crippen LogP contribution in [0.1, 0.15) is 52.4 Å². The van der Waals surface area contributed by atoms with Gasteiger partial charge in [-0.25, -0.2) is 0 Å². The van der Waals surface area contributed by atoms with Crippen LogP contribution in [-0.2, 0) is 17.6 Å². The minimum Gasteiger partial charge on any atom is -0.507 e. The summed E-state index contributed by atoms with van der Waals surface area (Å²) < 4.78 is 17.5. The molecule has 5 N–H and O–H groups in total. The fourth-order valence-electron chi connectivity index (χ4n) is 8.34. The van der Waals surface area contributed by atoms with Crippen LogP contribution in [0.15, 0.2) is 36.4 Å². The number of nitrogens with one attached hydrogen (secondary N) is 3. The number of aromatic hydroxyl groups is 2. The third-order valence-electron chi connectivity index (χ3n) is 10.5. The number of benzene rings is 3. The van der Waals surface area contributed by atoms with E-state index in [2.05, 4.69) is 31.8 Å². The van der Waals surface area contributed by atoms with Gasteiger partial charge in [0, 0.05) is 46.6 Å². The van der Waals surface area contributed by atoms with Crippen LogP contribution >= 0.6 is 12.2 Å². The number of anilines is 1. The lowest BCUT2D eigenvalue weighted by molar-refractivity contribution is -0.123. The highest BCUT2D eigenvalue weighted by Gasteiger charge is 2.56. The topological polar surface area (TPSA) is 152 Å². The van der Waals surface area contributed by atoms with Crippen LogP contribution in [0, 0.1) is 25.2 Å². The number of methoxy groups -OCH3 is 1. The molecule has 2 unspecified atom stereocenters. The molecule has 4 heterocycles. The average molecular weight is 685 g/mol. The number of nitrogens with zero attached hydrogens (tertiary/aromatic N) is 3. The van der Waals surface area contributed by atoms with E-state index in [4.69, 9.17) is 26.4 Å². The van der Waals surface area contributed by atoms with E-state index in [0.29, 0.717) is 51.9 Å². The molecule has 2 bridgehead atoms. The third kappa shape index (κ3) is 5.26. The van der Waals surface area contributed by atoms with Gasteiger partial charge in [-0.2, -0.15) is 5.26 Å². The Labute approximate surface area is 290 Å². The molecule has 12 nitrogen and oxygen atoms in total. The highest BCUT2D eigenvalue weighted by atomic mass is 32.1. The van der Waals surface area contributed by atoms with Crippen molar-refractivity contribution in [3.8, 4) is 34.8 Å². The molecule has 0 aliphatic carbocycles. The maximum atomic E-state index is 13.6. The molecule has 0 saturated carbocycles. The first-order valence-electron chi connectivity index (χ1n) is 16.4. The van der Waals surface area contributed by atoms with Crippen molar-refractivity contribution in [3.05, 3.63) is 69.8 Å². The van der Waals surface area contributed by atoms with E-state index in [9.17, 15) is 20.3 Å². The van der Waals surface area contributed by atoms with Gasteiger partial charge < -0.3 is 40.4 Å². The zero-order valence-corrected chi connectivity index (χ0v) is 28.9. The molecule has 49 heavy (non-hydrogen) atoms. The maximum Gasteiger partial charge on any atom is 0.242 e. The van der Waals surface area contributed by atoms with E-state index in [1.807, 2.05) is 50.4 Å². The number of phenols is 2. The molecule has 13 heteroatoms. The first kappa shape index (κ1) is 32.8. The van der Waals surface area contributed by atoms with Crippen LogP contribution in [0.2, 0.25) is 0 Å². The van der Waals surface area contributed by atoms with Crippen molar-refractivity contribution in [2.24, 2.45) is 0 Å². The Bertz CT molecular complexity index is 1880. The summed E-state index contributed by atoms with van der Waals surface area (Å²) in [5.74, 6) is 1.29. The van der Waals surface area contributed by atoms with Crippen LogP contribution in [0.4, 0.5) is 5.69 Å². The number of nitriles is 1. The molecule has 3 aromatic carbocycles. The molecule has 4 aliphatic rings. The summed E-state index contributed by atoms with van der Waals surface area (Å²) >= 11 is 5.47. The Morgan fingerprint density at radius 2 is 1.86 bits per heavy atom. The molecule has 0 aromatic heterocycles. The van der Waals surface area contributed by atoms with Gasteiger partial charge in [0.05, 0.1) is 25.3 Å². The van der Waals surface area contributed by atoms with Crippen molar-refractivity contribution < 1.29 is 29.2 Å². The van der Waals surface area contributed by atoms with Crippen molar-refractivity contribution in [3.63, 3.8) is 0 Å². The number of likely N-dealkylation sites (N-methyl/N-ethyl adjacent to an activating group) is 1. The number of amides is 1. The van der Waals surface area contributed by atoms with Crippen molar-refractivity contribution >= 4 is 28.9 Å². The second-order valence-corrected chi connectivity index (χ2v) is 13.6. The van der Waals surface area contributed by atoms with Crippen LogP contribution in [-0.4, -0.2) is 82.7 Å². The SMILES string of the molecule is COc1c(C)cc2c(c1O)[C@H]1C3Cc4c(O)c(C)c5c(c4[C@H](CNC(=O)C(C)NC(=S)Nc4ccccc4)N3[C@@H](C#N)[C@@H](C2)N1C)OCO5. The highest BCUT2D eigenvalue weighted by molar-refractivity contribution is 7.80. The minimum absolute atomic E-state index is 0.00253. The molecule has 7 rings (SSSR count). The van der Waals surface area contributed by atoms with E-state index in [1.54, 1.807) is 21.0 Å². The van der Waals surface area contributed by atoms with Gasteiger partial charge in [-0.3, -0.25) is 14.6 Å². The van der Waals surface area contributed by atoms with Crippen LogP contribution in [0.25, 0.3) is 0 Å². The van der Waals surface area contributed by atoms with E-state index < -0.39 is 18.1 Å². The minimum atomic E-state index is -0.683. The quantitative estimate of drug-likeness (QED) is 0.241. The van der Waals surface area contributed by atoms with Gasteiger partial charge in [0.2, 0.25) is 12.7 Å². The van der Waals surface area contributed by atoms with Gasteiger partial charge in [0.15, 0.2) is 28.1 Å². The number of fused-ring (bicyclic) bond motifs is 9. The molecule has 0 radical (unpaired) electrons.